The topological polar surface area (TPSA) is 149 Å². The second-order valence-corrected chi connectivity index (χ2v) is 15.4. The fourth-order valence-corrected chi connectivity index (χ4v) is 6.33. The highest BCUT2D eigenvalue weighted by Crippen LogP contribution is 2.43. The molecule has 3 unspecified atom stereocenters. The molecule has 53 heavy (non-hydrogen) atoms. The van der Waals surface area contributed by atoms with Crippen LogP contribution in [-0.2, 0) is 32.7 Å². The molecule has 0 aliphatic heterocycles. The summed E-state index contributed by atoms with van der Waals surface area (Å²) in [6, 6.07) is 0. The number of phosphoric acid groups is 1. The minimum atomic E-state index is -4.64. The van der Waals surface area contributed by atoms with Gasteiger partial charge in [0, 0.05) is 12.8 Å². The van der Waals surface area contributed by atoms with Crippen LogP contribution in [0.5, 0.6) is 0 Å². The molecule has 0 heterocycles. The number of esters is 2. The standard InChI is InChI=1S/C42H77O10P/c1-3-5-7-9-11-13-15-17-18-19-20-22-24-26-28-30-32-34-42(46)52-40(36-44)38-50-53(47,48)49-37-39(35-43)51-41(45)33-31-29-27-25-23-21-16-14-12-10-8-6-4-2/h11,13-14,16-18,39-40,43-44H,3-10,12,15,19-38H2,1-2H3,(H,47,48)/b13-11-,16-14-,18-17-. The molecule has 0 bridgehead atoms. The molecule has 0 amide bonds. The Hall–Kier alpha value is -1.81. The molecule has 3 atom stereocenters. The number of carbonyl (C=O) groups is 2. The van der Waals surface area contributed by atoms with E-state index in [2.05, 4.69) is 50.3 Å². The average Bonchev–Trinajstić information content (AvgIpc) is 3.14. The molecule has 10 nitrogen and oxygen atoms in total. The lowest BCUT2D eigenvalue weighted by Crippen LogP contribution is -2.28. The molecule has 3 N–H and O–H groups in total. The molecule has 0 spiro atoms. The third-order valence-electron chi connectivity index (χ3n) is 8.82. The Morgan fingerprint density at radius 3 is 1.23 bits per heavy atom. The van der Waals surface area contributed by atoms with E-state index in [9.17, 15) is 29.3 Å². The summed E-state index contributed by atoms with van der Waals surface area (Å²) in [6.45, 7) is 2.14. The number of hydrogen-bond acceptors (Lipinski definition) is 9. The second kappa shape index (κ2) is 38.5. The molecular formula is C42H77O10P. The zero-order valence-corrected chi connectivity index (χ0v) is 34.4. The van der Waals surface area contributed by atoms with Gasteiger partial charge in [0.2, 0.25) is 0 Å². The van der Waals surface area contributed by atoms with Crippen molar-refractivity contribution in [2.45, 2.75) is 193 Å². The number of hydrogen-bond donors (Lipinski definition) is 3. The second-order valence-electron chi connectivity index (χ2n) is 14.0. The van der Waals surface area contributed by atoms with Crippen LogP contribution < -0.4 is 0 Å². The first-order valence-corrected chi connectivity index (χ1v) is 22.4. The van der Waals surface area contributed by atoms with Crippen molar-refractivity contribution >= 4 is 19.8 Å². The largest absolute Gasteiger partial charge is 0.472 e. The lowest BCUT2D eigenvalue weighted by atomic mass is 10.1. The molecular weight excluding hydrogens is 695 g/mol. The maximum absolute atomic E-state index is 12.3. The Kier molecular flexibility index (Phi) is 37.2. The van der Waals surface area contributed by atoms with Crippen molar-refractivity contribution in [3.8, 4) is 0 Å². The number of rotatable bonds is 39. The molecule has 0 fully saturated rings. The van der Waals surface area contributed by atoms with Gasteiger partial charge >= 0.3 is 19.8 Å². The first-order chi connectivity index (χ1) is 25.8. The molecule has 0 aliphatic rings. The Balaban J connectivity index is 3.96. The van der Waals surface area contributed by atoms with Crippen LogP contribution in [0.2, 0.25) is 0 Å². The van der Waals surface area contributed by atoms with Gasteiger partial charge < -0.3 is 24.6 Å². The SMILES string of the molecule is CCCCC/C=C\C/C=C\CCCCCCCCCC(=O)OC(CO)COP(=O)(O)OCC(CO)OC(=O)CCCCCCC/C=C\CCCCCC. The van der Waals surface area contributed by atoms with Crippen LogP contribution >= 0.6 is 7.82 Å². The normalized spacial score (nSPS) is 14.3. The number of carbonyl (C=O) groups excluding carboxylic acids is 2. The fraction of sp³-hybridized carbons (Fsp3) is 0.810. The predicted molar refractivity (Wildman–Crippen MR) is 214 cm³/mol. The molecule has 0 saturated carbocycles. The Labute approximate surface area is 322 Å². The van der Waals surface area contributed by atoms with Crippen LogP contribution in [0.1, 0.15) is 181 Å². The van der Waals surface area contributed by atoms with Gasteiger partial charge in [-0.15, -0.1) is 0 Å². The molecule has 0 radical (unpaired) electrons. The summed E-state index contributed by atoms with van der Waals surface area (Å²) in [5.74, 6) is -1.04. The van der Waals surface area contributed by atoms with Gasteiger partial charge in [0.25, 0.3) is 0 Å². The first kappa shape index (κ1) is 51.2. The van der Waals surface area contributed by atoms with E-state index in [0.29, 0.717) is 12.8 Å². The molecule has 0 aromatic heterocycles. The van der Waals surface area contributed by atoms with E-state index in [0.717, 1.165) is 70.6 Å². The minimum Gasteiger partial charge on any atom is -0.457 e. The number of aliphatic hydroxyl groups excluding tert-OH is 2. The molecule has 0 rings (SSSR count). The zero-order valence-electron chi connectivity index (χ0n) is 33.5. The van der Waals surface area contributed by atoms with Gasteiger partial charge in [-0.3, -0.25) is 18.6 Å². The van der Waals surface area contributed by atoms with E-state index in [-0.39, 0.29) is 12.8 Å². The summed E-state index contributed by atoms with van der Waals surface area (Å²) in [4.78, 5) is 34.4. The third-order valence-corrected chi connectivity index (χ3v) is 9.78. The number of phosphoric ester groups is 1. The quantitative estimate of drug-likeness (QED) is 0.0238. The van der Waals surface area contributed by atoms with Gasteiger partial charge in [-0.1, -0.05) is 134 Å². The maximum Gasteiger partial charge on any atom is 0.472 e. The summed E-state index contributed by atoms with van der Waals surface area (Å²) < 4.78 is 32.5. The molecule has 0 aliphatic carbocycles. The van der Waals surface area contributed by atoms with Crippen molar-refractivity contribution in [3.63, 3.8) is 0 Å². The lowest BCUT2D eigenvalue weighted by molar-refractivity contribution is -0.153. The third kappa shape index (κ3) is 36.9. The van der Waals surface area contributed by atoms with Crippen molar-refractivity contribution in [1.29, 1.82) is 0 Å². The molecule has 0 aromatic carbocycles. The Morgan fingerprint density at radius 2 is 0.830 bits per heavy atom. The van der Waals surface area contributed by atoms with Gasteiger partial charge in [-0.05, 0) is 70.6 Å². The summed E-state index contributed by atoms with van der Waals surface area (Å²) in [6.07, 6.45) is 38.3. The van der Waals surface area contributed by atoms with Gasteiger partial charge in [0.1, 0.15) is 12.2 Å². The van der Waals surface area contributed by atoms with Crippen molar-refractivity contribution < 1.29 is 47.8 Å². The maximum atomic E-state index is 12.3. The van der Waals surface area contributed by atoms with Crippen molar-refractivity contribution in [2.75, 3.05) is 26.4 Å². The number of aliphatic hydroxyl groups is 2. The van der Waals surface area contributed by atoms with Crippen LogP contribution in [0.25, 0.3) is 0 Å². The summed E-state index contributed by atoms with van der Waals surface area (Å²) >= 11 is 0. The van der Waals surface area contributed by atoms with Crippen LogP contribution in [0.15, 0.2) is 36.5 Å². The highest BCUT2D eigenvalue weighted by molar-refractivity contribution is 7.47. The van der Waals surface area contributed by atoms with Crippen LogP contribution in [-0.4, -0.2) is 65.7 Å². The molecule has 0 saturated heterocycles. The fourth-order valence-electron chi connectivity index (χ4n) is 5.55. The number of unbranched alkanes of at least 4 members (excludes halogenated alkanes) is 19. The van der Waals surface area contributed by atoms with Crippen LogP contribution in [0.3, 0.4) is 0 Å². The lowest BCUT2D eigenvalue weighted by Gasteiger charge is -2.20. The molecule has 0 aromatic rings. The van der Waals surface area contributed by atoms with Crippen LogP contribution in [0, 0.1) is 0 Å². The first-order valence-electron chi connectivity index (χ1n) is 20.9. The van der Waals surface area contributed by atoms with E-state index in [1.54, 1.807) is 0 Å². The monoisotopic (exact) mass is 773 g/mol. The van der Waals surface area contributed by atoms with Crippen LogP contribution in [0.4, 0.5) is 0 Å². The highest BCUT2D eigenvalue weighted by atomic mass is 31.2. The zero-order chi connectivity index (χ0) is 39.1. The van der Waals surface area contributed by atoms with Gasteiger partial charge in [0.15, 0.2) is 0 Å². The van der Waals surface area contributed by atoms with Gasteiger partial charge in [0.05, 0.1) is 26.4 Å². The van der Waals surface area contributed by atoms with E-state index < -0.39 is 58.4 Å². The van der Waals surface area contributed by atoms with E-state index in [4.69, 9.17) is 18.5 Å². The molecule has 310 valence electrons. The average molecular weight is 773 g/mol. The van der Waals surface area contributed by atoms with Crippen molar-refractivity contribution in [3.05, 3.63) is 36.5 Å². The summed E-state index contributed by atoms with van der Waals surface area (Å²) in [7, 11) is -4.64. The van der Waals surface area contributed by atoms with E-state index in [1.165, 1.54) is 70.6 Å². The Bertz CT molecular complexity index is 983. The predicted octanol–water partition coefficient (Wildman–Crippen LogP) is 10.8. The van der Waals surface area contributed by atoms with Gasteiger partial charge in [-0.25, -0.2) is 4.57 Å². The van der Waals surface area contributed by atoms with Gasteiger partial charge in [-0.2, -0.15) is 0 Å². The summed E-state index contributed by atoms with van der Waals surface area (Å²) in [5.41, 5.74) is 0. The highest BCUT2D eigenvalue weighted by Gasteiger charge is 2.27. The number of allylic oxidation sites excluding steroid dienone is 6. The van der Waals surface area contributed by atoms with Crippen molar-refractivity contribution in [1.82, 2.24) is 0 Å². The van der Waals surface area contributed by atoms with E-state index in [1.807, 2.05) is 0 Å². The van der Waals surface area contributed by atoms with E-state index >= 15 is 0 Å². The number of ether oxygens (including phenoxy) is 2. The smallest absolute Gasteiger partial charge is 0.457 e. The van der Waals surface area contributed by atoms with Crippen molar-refractivity contribution in [2.24, 2.45) is 0 Å². The minimum absolute atomic E-state index is 0.181. The molecule has 11 heteroatoms. The Morgan fingerprint density at radius 1 is 0.509 bits per heavy atom. The summed E-state index contributed by atoms with van der Waals surface area (Å²) in [5, 5.41) is 19.1.